The molecule has 0 radical (unpaired) electrons. The number of rotatable bonds is 4. The second-order valence-corrected chi connectivity index (χ2v) is 7.84. The van der Waals surface area contributed by atoms with Crippen LogP contribution in [0.3, 0.4) is 0 Å². The summed E-state index contributed by atoms with van der Waals surface area (Å²) < 4.78 is 15.5. The van der Waals surface area contributed by atoms with Crippen molar-refractivity contribution in [3.8, 4) is 5.69 Å². The average Bonchev–Trinajstić information content (AvgIpc) is 3.04. The molecule has 1 aromatic heterocycles. The van der Waals surface area contributed by atoms with Crippen LogP contribution in [0.4, 0.5) is 10.1 Å². The molecule has 0 aliphatic carbocycles. The Balaban J connectivity index is 1.77. The van der Waals surface area contributed by atoms with Crippen LogP contribution in [0.2, 0.25) is 0 Å². The number of carbonyl (C=O) groups excluding carboxylic acids is 2. The summed E-state index contributed by atoms with van der Waals surface area (Å²) in [4.78, 5) is 38.2. The Morgan fingerprint density at radius 1 is 1.06 bits per heavy atom. The molecule has 2 N–H and O–H groups in total. The van der Waals surface area contributed by atoms with Gasteiger partial charge in [0.2, 0.25) is 0 Å². The fourth-order valence-corrected chi connectivity index (χ4v) is 4.05. The highest BCUT2D eigenvalue weighted by atomic mass is 32.1. The molecule has 7 nitrogen and oxygen atoms in total. The summed E-state index contributed by atoms with van der Waals surface area (Å²) in [5.41, 5.74) is 2.90. The van der Waals surface area contributed by atoms with Gasteiger partial charge in [-0.25, -0.2) is 9.18 Å². The summed E-state index contributed by atoms with van der Waals surface area (Å²) in [6.45, 7) is 3.63. The predicted octanol–water partition coefficient (Wildman–Crippen LogP) is 3.76. The topological polar surface area (TPSA) is 91.6 Å². The van der Waals surface area contributed by atoms with E-state index in [-0.39, 0.29) is 21.9 Å². The van der Waals surface area contributed by atoms with Gasteiger partial charge >= 0.3 is 5.97 Å². The molecule has 1 saturated heterocycles. The molecular formula is C24H18FN3O4S. The van der Waals surface area contributed by atoms with Crippen LogP contribution >= 0.6 is 12.2 Å². The molecular weight excluding hydrogens is 445 g/mol. The van der Waals surface area contributed by atoms with Crippen LogP contribution in [-0.4, -0.2) is 32.6 Å². The highest BCUT2D eigenvalue weighted by molar-refractivity contribution is 7.80. The number of halogens is 1. The number of thiocarbonyl (C=S) groups is 1. The lowest BCUT2D eigenvalue weighted by Gasteiger charge is -2.28. The summed E-state index contributed by atoms with van der Waals surface area (Å²) in [5.74, 6) is -2.92. The average molecular weight is 463 g/mol. The number of aryl methyl sites for hydroxylation is 1. The number of benzene rings is 2. The van der Waals surface area contributed by atoms with E-state index >= 15 is 0 Å². The molecule has 1 aliphatic heterocycles. The third-order valence-electron chi connectivity index (χ3n) is 5.29. The van der Waals surface area contributed by atoms with Crippen molar-refractivity contribution in [2.24, 2.45) is 0 Å². The summed E-state index contributed by atoms with van der Waals surface area (Å²) in [5, 5.41) is 11.6. The van der Waals surface area contributed by atoms with E-state index in [0.717, 1.165) is 16.7 Å². The van der Waals surface area contributed by atoms with Gasteiger partial charge in [-0.15, -0.1) is 0 Å². The minimum Gasteiger partial charge on any atom is -0.478 e. The Morgan fingerprint density at radius 2 is 1.76 bits per heavy atom. The van der Waals surface area contributed by atoms with Crippen molar-refractivity contribution in [1.82, 2.24) is 9.88 Å². The predicted molar refractivity (Wildman–Crippen MR) is 125 cm³/mol. The molecule has 9 heteroatoms. The first-order valence-corrected chi connectivity index (χ1v) is 10.3. The van der Waals surface area contributed by atoms with E-state index in [1.807, 2.05) is 11.5 Å². The maximum absolute atomic E-state index is 13.7. The minimum atomic E-state index is -1.04. The minimum absolute atomic E-state index is 0.135. The molecule has 2 aromatic carbocycles. The number of hydrogen-bond donors (Lipinski definition) is 2. The molecule has 3 aromatic rings. The molecule has 4 rings (SSSR count). The van der Waals surface area contributed by atoms with Crippen molar-refractivity contribution < 1.29 is 23.9 Å². The van der Waals surface area contributed by atoms with Gasteiger partial charge in [-0.2, -0.15) is 0 Å². The Morgan fingerprint density at radius 3 is 2.45 bits per heavy atom. The van der Waals surface area contributed by atoms with Crippen LogP contribution in [-0.2, 0) is 9.59 Å². The number of amides is 2. The third-order valence-corrected chi connectivity index (χ3v) is 5.57. The molecule has 0 unspecified atom stereocenters. The molecule has 1 aliphatic rings. The van der Waals surface area contributed by atoms with Gasteiger partial charge in [0.15, 0.2) is 5.11 Å². The zero-order valence-corrected chi connectivity index (χ0v) is 18.4. The van der Waals surface area contributed by atoms with Gasteiger partial charge < -0.3 is 9.67 Å². The van der Waals surface area contributed by atoms with E-state index in [0.29, 0.717) is 16.9 Å². The largest absolute Gasteiger partial charge is 0.478 e. The smallest absolute Gasteiger partial charge is 0.335 e. The second-order valence-electron chi connectivity index (χ2n) is 7.46. The maximum atomic E-state index is 13.7. The molecule has 1 fully saturated rings. The summed E-state index contributed by atoms with van der Waals surface area (Å²) in [7, 11) is 0. The van der Waals surface area contributed by atoms with Gasteiger partial charge in [0.1, 0.15) is 11.4 Å². The number of nitrogens with zero attached hydrogens (tertiary/aromatic N) is 2. The van der Waals surface area contributed by atoms with Crippen LogP contribution in [0.15, 0.2) is 60.2 Å². The van der Waals surface area contributed by atoms with Crippen LogP contribution in [0, 0.1) is 19.7 Å². The van der Waals surface area contributed by atoms with Crippen molar-refractivity contribution in [2.45, 2.75) is 13.8 Å². The first-order valence-electron chi connectivity index (χ1n) is 9.87. The first-order chi connectivity index (χ1) is 15.7. The quantitative estimate of drug-likeness (QED) is 0.349. The molecule has 0 spiro atoms. The fourth-order valence-electron chi connectivity index (χ4n) is 3.77. The number of anilines is 1. The van der Waals surface area contributed by atoms with E-state index in [2.05, 4.69) is 5.32 Å². The van der Waals surface area contributed by atoms with Crippen molar-refractivity contribution in [2.75, 3.05) is 4.90 Å². The lowest BCUT2D eigenvalue weighted by Crippen LogP contribution is -2.54. The lowest BCUT2D eigenvalue weighted by atomic mass is 10.1. The molecule has 0 atom stereocenters. The maximum Gasteiger partial charge on any atom is 0.335 e. The molecule has 166 valence electrons. The van der Waals surface area contributed by atoms with E-state index in [4.69, 9.17) is 12.2 Å². The highest BCUT2D eigenvalue weighted by Gasteiger charge is 2.35. The van der Waals surface area contributed by atoms with Crippen LogP contribution in [0.25, 0.3) is 11.8 Å². The Kier molecular flexibility index (Phi) is 5.65. The monoisotopic (exact) mass is 463 g/mol. The molecule has 2 amide bonds. The highest BCUT2D eigenvalue weighted by Crippen LogP contribution is 2.26. The van der Waals surface area contributed by atoms with Crippen LogP contribution in [0.5, 0.6) is 0 Å². The van der Waals surface area contributed by atoms with E-state index in [9.17, 15) is 23.9 Å². The number of carboxylic acids is 1. The summed E-state index contributed by atoms with van der Waals surface area (Å²) in [6, 6.07) is 13.6. The SMILES string of the molecule is Cc1cc(C=C2C(=O)NC(=S)N(c3cccc(F)c3)C2=O)c(C)n1-c1cccc(C(=O)O)c1. The molecule has 0 bridgehead atoms. The van der Waals surface area contributed by atoms with Crippen molar-refractivity contribution in [3.63, 3.8) is 0 Å². The molecule has 0 saturated carbocycles. The zero-order valence-electron chi connectivity index (χ0n) is 17.6. The van der Waals surface area contributed by atoms with Gasteiger partial charge in [-0.05, 0) is 80.2 Å². The van der Waals surface area contributed by atoms with Crippen LogP contribution in [0.1, 0.15) is 27.3 Å². The lowest BCUT2D eigenvalue weighted by molar-refractivity contribution is -0.122. The zero-order chi connectivity index (χ0) is 23.9. The van der Waals surface area contributed by atoms with Crippen molar-refractivity contribution >= 4 is 46.9 Å². The first kappa shape index (κ1) is 22.1. The van der Waals surface area contributed by atoms with E-state index in [1.54, 1.807) is 31.2 Å². The third kappa shape index (κ3) is 4.06. The fraction of sp³-hybridized carbons (Fsp3) is 0.0833. The standard InChI is InChI=1S/C24H18FN3O4S/c1-13-9-16(14(2)27(13)18-7-3-5-15(10-18)23(31)32)11-20-21(29)26-24(33)28(22(20)30)19-8-4-6-17(25)12-19/h3-12H,1-2H3,(H,31,32)(H,26,29,33). The molecule has 33 heavy (non-hydrogen) atoms. The molecule has 2 heterocycles. The van der Waals surface area contributed by atoms with Gasteiger partial charge in [0, 0.05) is 17.1 Å². The van der Waals surface area contributed by atoms with E-state index < -0.39 is 23.6 Å². The number of nitrogens with one attached hydrogen (secondary N) is 1. The Labute approximate surface area is 193 Å². The van der Waals surface area contributed by atoms with Crippen molar-refractivity contribution in [1.29, 1.82) is 0 Å². The second kappa shape index (κ2) is 8.44. The number of aromatic nitrogens is 1. The van der Waals surface area contributed by atoms with Gasteiger partial charge in [-0.1, -0.05) is 12.1 Å². The van der Waals surface area contributed by atoms with Gasteiger partial charge in [0.25, 0.3) is 11.8 Å². The van der Waals surface area contributed by atoms with Crippen LogP contribution < -0.4 is 10.2 Å². The number of aromatic carboxylic acids is 1. The number of carbonyl (C=O) groups is 3. The van der Waals surface area contributed by atoms with Gasteiger partial charge in [0.05, 0.1) is 11.3 Å². The Bertz CT molecular complexity index is 1380. The van der Waals surface area contributed by atoms with Crippen molar-refractivity contribution in [3.05, 3.63) is 88.5 Å². The number of hydrogen-bond acceptors (Lipinski definition) is 4. The summed E-state index contributed by atoms with van der Waals surface area (Å²) >= 11 is 5.14. The summed E-state index contributed by atoms with van der Waals surface area (Å²) in [6.07, 6.45) is 1.45. The number of carboxylic acid groups (broad SMARTS) is 1. The normalized spacial score (nSPS) is 15.2. The Hall–Kier alpha value is -4.11. The van der Waals surface area contributed by atoms with Gasteiger partial charge in [-0.3, -0.25) is 19.8 Å². The van der Waals surface area contributed by atoms with E-state index in [1.165, 1.54) is 30.3 Å².